The molecule has 0 aliphatic heterocycles. The number of nitrogens with zero attached hydrogens (tertiary/aromatic N) is 2. The van der Waals surface area contributed by atoms with Crippen molar-refractivity contribution >= 4 is 0 Å². The maximum absolute atomic E-state index is 5.81. The van der Waals surface area contributed by atoms with E-state index in [0.717, 1.165) is 5.56 Å². The molecule has 1 heterocycles. The highest BCUT2D eigenvalue weighted by Crippen LogP contribution is 2.20. The molecule has 2 aromatic rings. The molecule has 1 aromatic heterocycles. The normalized spacial score (nSPS) is 14.7. The predicted molar refractivity (Wildman–Crippen MR) is 60.3 cm³/mol. The van der Waals surface area contributed by atoms with Crippen LogP contribution in [-0.4, -0.2) is 16.2 Å². The van der Waals surface area contributed by atoms with Crippen molar-refractivity contribution in [1.29, 1.82) is 0 Å². The van der Waals surface area contributed by atoms with Gasteiger partial charge in [-0.2, -0.15) is 0 Å². The van der Waals surface area contributed by atoms with Gasteiger partial charge in [0.05, 0.1) is 6.04 Å². The third kappa shape index (κ3) is 2.10. The number of hydrogen-bond acceptors (Lipinski definition) is 5. The van der Waals surface area contributed by atoms with E-state index in [9.17, 15) is 0 Å². The standard InChI is InChI=1S/C11H14N4O/c1-7(12)9(13)11-15-14-10(16-11)8-5-3-2-4-6-8/h2-7,9H,12-13H2,1H3. The summed E-state index contributed by atoms with van der Waals surface area (Å²) in [7, 11) is 0. The van der Waals surface area contributed by atoms with E-state index in [1.54, 1.807) is 6.92 Å². The van der Waals surface area contributed by atoms with E-state index in [-0.39, 0.29) is 6.04 Å². The molecule has 0 saturated carbocycles. The number of nitrogens with two attached hydrogens (primary N) is 2. The molecule has 0 saturated heterocycles. The Morgan fingerprint density at radius 1 is 1.12 bits per heavy atom. The van der Waals surface area contributed by atoms with Crippen LogP contribution >= 0.6 is 0 Å². The molecular formula is C11H14N4O. The third-order valence-corrected chi connectivity index (χ3v) is 2.31. The number of aromatic nitrogens is 2. The summed E-state index contributed by atoms with van der Waals surface area (Å²) in [4.78, 5) is 0. The first kappa shape index (κ1) is 10.8. The lowest BCUT2D eigenvalue weighted by molar-refractivity contribution is 0.426. The van der Waals surface area contributed by atoms with Crippen LogP contribution in [0.3, 0.4) is 0 Å². The molecule has 5 nitrogen and oxygen atoms in total. The minimum Gasteiger partial charge on any atom is -0.419 e. The van der Waals surface area contributed by atoms with E-state index in [2.05, 4.69) is 10.2 Å². The first-order chi connectivity index (χ1) is 7.68. The Morgan fingerprint density at radius 3 is 2.44 bits per heavy atom. The zero-order valence-corrected chi connectivity index (χ0v) is 9.00. The van der Waals surface area contributed by atoms with Crippen molar-refractivity contribution in [3.8, 4) is 11.5 Å². The number of benzene rings is 1. The van der Waals surface area contributed by atoms with Gasteiger partial charge < -0.3 is 15.9 Å². The fourth-order valence-corrected chi connectivity index (χ4v) is 1.29. The van der Waals surface area contributed by atoms with Gasteiger partial charge in [-0.1, -0.05) is 18.2 Å². The monoisotopic (exact) mass is 218 g/mol. The van der Waals surface area contributed by atoms with Gasteiger partial charge in [0.25, 0.3) is 0 Å². The number of rotatable bonds is 3. The molecule has 16 heavy (non-hydrogen) atoms. The molecule has 1 aromatic carbocycles. The molecule has 0 aliphatic rings. The van der Waals surface area contributed by atoms with Crippen molar-refractivity contribution in [3.63, 3.8) is 0 Å². The van der Waals surface area contributed by atoms with Crippen molar-refractivity contribution in [2.45, 2.75) is 19.0 Å². The van der Waals surface area contributed by atoms with Gasteiger partial charge in [-0.15, -0.1) is 10.2 Å². The zero-order chi connectivity index (χ0) is 11.5. The molecule has 5 heteroatoms. The van der Waals surface area contributed by atoms with Crippen LogP contribution in [0.5, 0.6) is 0 Å². The van der Waals surface area contributed by atoms with Crippen molar-refractivity contribution in [1.82, 2.24) is 10.2 Å². The molecule has 0 spiro atoms. The van der Waals surface area contributed by atoms with Crippen LogP contribution < -0.4 is 11.5 Å². The molecular weight excluding hydrogens is 204 g/mol. The second-order valence-electron chi connectivity index (χ2n) is 3.70. The Morgan fingerprint density at radius 2 is 1.81 bits per heavy atom. The van der Waals surface area contributed by atoms with Crippen LogP contribution in [0, 0.1) is 0 Å². The van der Waals surface area contributed by atoms with E-state index >= 15 is 0 Å². The Bertz CT molecular complexity index is 452. The van der Waals surface area contributed by atoms with Crippen LogP contribution in [0.4, 0.5) is 0 Å². The Hall–Kier alpha value is -1.72. The second-order valence-corrected chi connectivity index (χ2v) is 3.70. The second kappa shape index (κ2) is 4.42. The summed E-state index contributed by atoms with van der Waals surface area (Å²) in [6.07, 6.45) is 0. The lowest BCUT2D eigenvalue weighted by atomic mass is 10.2. The molecule has 0 aliphatic carbocycles. The fourth-order valence-electron chi connectivity index (χ4n) is 1.29. The highest BCUT2D eigenvalue weighted by molar-refractivity contribution is 5.51. The summed E-state index contributed by atoms with van der Waals surface area (Å²) in [5.74, 6) is 0.834. The first-order valence-electron chi connectivity index (χ1n) is 5.08. The van der Waals surface area contributed by atoms with E-state index in [4.69, 9.17) is 15.9 Å². The Balaban J connectivity index is 2.27. The summed E-state index contributed by atoms with van der Waals surface area (Å²) in [5, 5.41) is 7.83. The van der Waals surface area contributed by atoms with E-state index in [0.29, 0.717) is 11.8 Å². The van der Waals surface area contributed by atoms with E-state index in [1.807, 2.05) is 30.3 Å². The maximum Gasteiger partial charge on any atom is 0.247 e. The highest BCUT2D eigenvalue weighted by atomic mass is 16.4. The van der Waals surface area contributed by atoms with Crippen LogP contribution in [-0.2, 0) is 0 Å². The largest absolute Gasteiger partial charge is 0.419 e. The van der Waals surface area contributed by atoms with Crippen LogP contribution in [0.2, 0.25) is 0 Å². The fraction of sp³-hybridized carbons (Fsp3) is 0.273. The highest BCUT2D eigenvalue weighted by Gasteiger charge is 2.18. The Kier molecular flexibility index (Phi) is 2.98. The van der Waals surface area contributed by atoms with Crippen molar-refractivity contribution in [2.75, 3.05) is 0 Å². The van der Waals surface area contributed by atoms with Gasteiger partial charge in [0.1, 0.15) is 0 Å². The first-order valence-corrected chi connectivity index (χ1v) is 5.08. The lowest BCUT2D eigenvalue weighted by Gasteiger charge is -2.09. The van der Waals surface area contributed by atoms with E-state index < -0.39 is 6.04 Å². The van der Waals surface area contributed by atoms with Gasteiger partial charge in [-0.3, -0.25) is 0 Å². The van der Waals surface area contributed by atoms with Gasteiger partial charge in [0.2, 0.25) is 11.8 Å². The van der Waals surface area contributed by atoms with Crippen LogP contribution in [0.15, 0.2) is 34.7 Å². The summed E-state index contributed by atoms with van der Waals surface area (Å²) >= 11 is 0. The zero-order valence-electron chi connectivity index (χ0n) is 9.00. The van der Waals surface area contributed by atoms with Gasteiger partial charge in [0.15, 0.2) is 0 Å². The Labute approximate surface area is 93.5 Å². The predicted octanol–water partition coefficient (Wildman–Crippen LogP) is 1.08. The summed E-state index contributed by atoms with van der Waals surface area (Å²) < 4.78 is 5.47. The summed E-state index contributed by atoms with van der Waals surface area (Å²) in [6, 6.07) is 8.89. The minimum absolute atomic E-state index is 0.218. The average molecular weight is 218 g/mol. The van der Waals surface area contributed by atoms with Crippen LogP contribution in [0.1, 0.15) is 18.9 Å². The molecule has 2 rings (SSSR count). The molecule has 0 fully saturated rings. The summed E-state index contributed by atoms with van der Waals surface area (Å²) in [6.45, 7) is 1.80. The SMILES string of the molecule is CC(N)C(N)c1nnc(-c2ccccc2)o1. The molecule has 4 N–H and O–H groups in total. The summed E-state index contributed by atoms with van der Waals surface area (Å²) in [5.41, 5.74) is 12.3. The minimum atomic E-state index is -0.426. The lowest BCUT2D eigenvalue weighted by Crippen LogP contribution is -2.31. The quantitative estimate of drug-likeness (QED) is 0.804. The van der Waals surface area contributed by atoms with Crippen molar-refractivity contribution in [3.05, 3.63) is 36.2 Å². The third-order valence-electron chi connectivity index (χ3n) is 2.31. The van der Waals surface area contributed by atoms with Gasteiger partial charge in [-0.25, -0.2) is 0 Å². The van der Waals surface area contributed by atoms with Gasteiger partial charge >= 0.3 is 0 Å². The topological polar surface area (TPSA) is 91.0 Å². The average Bonchev–Trinajstić information content (AvgIpc) is 2.78. The van der Waals surface area contributed by atoms with Crippen LogP contribution in [0.25, 0.3) is 11.5 Å². The molecule has 0 radical (unpaired) electrons. The molecule has 0 amide bonds. The van der Waals surface area contributed by atoms with Gasteiger partial charge in [0, 0.05) is 11.6 Å². The maximum atomic E-state index is 5.81. The van der Waals surface area contributed by atoms with E-state index in [1.165, 1.54) is 0 Å². The van der Waals surface area contributed by atoms with Gasteiger partial charge in [-0.05, 0) is 19.1 Å². The molecule has 0 bridgehead atoms. The smallest absolute Gasteiger partial charge is 0.247 e. The number of hydrogen-bond donors (Lipinski definition) is 2. The molecule has 84 valence electrons. The van der Waals surface area contributed by atoms with Crippen molar-refractivity contribution in [2.24, 2.45) is 11.5 Å². The molecule has 2 atom stereocenters. The molecule has 2 unspecified atom stereocenters. The van der Waals surface area contributed by atoms with Crippen molar-refractivity contribution < 1.29 is 4.42 Å².